The van der Waals surface area contributed by atoms with Gasteiger partial charge in [-0.2, -0.15) is 13.2 Å². The second kappa shape index (κ2) is 13.1. The predicted molar refractivity (Wildman–Crippen MR) is 129 cm³/mol. The highest BCUT2D eigenvalue weighted by Gasteiger charge is 2.30. The molecule has 0 bridgehead atoms. The molecule has 0 aliphatic heterocycles. The number of amides is 1. The zero-order valence-electron chi connectivity index (χ0n) is 18.2. The van der Waals surface area contributed by atoms with Crippen LogP contribution in [-0.4, -0.2) is 44.0 Å². The van der Waals surface area contributed by atoms with Gasteiger partial charge in [0.2, 0.25) is 0 Å². The van der Waals surface area contributed by atoms with Gasteiger partial charge in [-0.25, -0.2) is 4.99 Å². The molecule has 0 fully saturated rings. The van der Waals surface area contributed by atoms with E-state index in [1.54, 1.807) is 26.2 Å². The quantitative estimate of drug-likeness (QED) is 0.289. The van der Waals surface area contributed by atoms with Crippen LogP contribution in [-0.2, 0) is 24.1 Å². The highest BCUT2D eigenvalue weighted by molar-refractivity contribution is 14.0. The molecule has 32 heavy (non-hydrogen) atoms. The van der Waals surface area contributed by atoms with Crippen molar-refractivity contribution in [1.29, 1.82) is 0 Å². The molecule has 2 N–H and O–H groups in total. The maximum Gasteiger partial charge on any atom is 0.416 e. The molecule has 0 saturated carbocycles. The zero-order chi connectivity index (χ0) is 22.9. The molecule has 0 aromatic heterocycles. The van der Waals surface area contributed by atoms with Gasteiger partial charge in [0.1, 0.15) is 5.75 Å². The number of ether oxygens (including phenoxy) is 1. The Kier molecular flexibility index (Phi) is 11.3. The zero-order valence-corrected chi connectivity index (χ0v) is 20.5. The van der Waals surface area contributed by atoms with E-state index in [0.29, 0.717) is 30.4 Å². The fourth-order valence-electron chi connectivity index (χ4n) is 2.56. The molecule has 0 aliphatic carbocycles. The number of nitrogens with one attached hydrogen (secondary N) is 2. The molecule has 2 aromatic carbocycles. The Balaban J connectivity index is 0.00000512. The molecule has 2 rings (SSSR count). The van der Waals surface area contributed by atoms with Crippen molar-refractivity contribution in [3.63, 3.8) is 0 Å². The highest BCUT2D eigenvalue weighted by atomic mass is 127. The van der Waals surface area contributed by atoms with Crippen LogP contribution in [0, 0.1) is 0 Å². The molecule has 0 radical (unpaired) electrons. The Morgan fingerprint density at radius 1 is 1.06 bits per heavy atom. The van der Waals surface area contributed by atoms with Gasteiger partial charge in [0.15, 0.2) is 12.6 Å². The van der Waals surface area contributed by atoms with Crippen molar-refractivity contribution in [2.24, 2.45) is 4.99 Å². The first-order valence-corrected chi connectivity index (χ1v) is 9.79. The number of carbonyl (C=O) groups excluding carboxylic acids is 1. The minimum Gasteiger partial charge on any atom is -0.484 e. The van der Waals surface area contributed by atoms with E-state index in [1.807, 2.05) is 25.1 Å². The summed E-state index contributed by atoms with van der Waals surface area (Å²) in [5, 5.41) is 6.22. The van der Waals surface area contributed by atoms with E-state index in [9.17, 15) is 18.0 Å². The van der Waals surface area contributed by atoms with Gasteiger partial charge >= 0.3 is 6.18 Å². The number of carbonyl (C=O) groups is 1. The van der Waals surface area contributed by atoms with Crippen LogP contribution in [0.2, 0.25) is 0 Å². The largest absolute Gasteiger partial charge is 0.484 e. The second-order valence-corrected chi connectivity index (χ2v) is 6.97. The van der Waals surface area contributed by atoms with E-state index in [2.05, 4.69) is 15.6 Å². The van der Waals surface area contributed by atoms with Crippen molar-refractivity contribution in [2.75, 3.05) is 27.2 Å². The van der Waals surface area contributed by atoms with Gasteiger partial charge in [0.25, 0.3) is 5.91 Å². The van der Waals surface area contributed by atoms with Gasteiger partial charge in [0, 0.05) is 27.2 Å². The third-order valence-electron chi connectivity index (χ3n) is 4.24. The van der Waals surface area contributed by atoms with Gasteiger partial charge in [0.05, 0.1) is 12.1 Å². The second-order valence-electron chi connectivity index (χ2n) is 6.97. The SMILES string of the molecule is CCNC(=NCc1cccc(C(F)(F)F)c1)NCc1cccc(OCC(=O)N(C)C)c1.I. The van der Waals surface area contributed by atoms with Gasteiger partial charge < -0.3 is 20.3 Å². The Bertz CT molecular complexity index is 905. The molecule has 0 atom stereocenters. The smallest absolute Gasteiger partial charge is 0.416 e. The fraction of sp³-hybridized carbons (Fsp3) is 0.364. The monoisotopic (exact) mass is 564 g/mol. The van der Waals surface area contributed by atoms with Crippen molar-refractivity contribution in [1.82, 2.24) is 15.5 Å². The van der Waals surface area contributed by atoms with E-state index in [-0.39, 0.29) is 43.0 Å². The van der Waals surface area contributed by atoms with E-state index >= 15 is 0 Å². The number of alkyl halides is 3. The highest BCUT2D eigenvalue weighted by Crippen LogP contribution is 2.29. The Morgan fingerprint density at radius 2 is 1.75 bits per heavy atom. The lowest BCUT2D eigenvalue weighted by molar-refractivity contribution is -0.137. The molecule has 10 heteroatoms. The summed E-state index contributed by atoms with van der Waals surface area (Å²) in [6.07, 6.45) is -4.38. The number of hydrogen-bond donors (Lipinski definition) is 2. The van der Waals surface area contributed by atoms with Crippen molar-refractivity contribution >= 4 is 35.8 Å². The number of benzene rings is 2. The van der Waals surface area contributed by atoms with Crippen LogP contribution in [0.5, 0.6) is 5.75 Å². The Morgan fingerprint density at radius 3 is 2.41 bits per heavy atom. The number of likely N-dealkylation sites (N-methyl/N-ethyl adjacent to an activating group) is 1. The molecule has 0 spiro atoms. The number of aliphatic imine (C=N–C) groups is 1. The number of guanidine groups is 1. The Labute approximate surface area is 203 Å². The van der Waals surface area contributed by atoms with E-state index in [0.717, 1.165) is 17.7 Å². The Hall–Kier alpha value is -2.50. The van der Waals surface area contributed by atoms with E-state index < -0.39 is 11.7 Å². The third kappa shape index (κ3) is 9.33. The van der Waals surface area contributed by atoms with Crippen LogP contribution >= 0.6 is 24.0 Å². The number of hydrogen-bond acceptors (Lipinski definition) is 3. The molecule has 1 amide bonds. The molecule has 6 nitrogen and oxygen atoms in total. The minimum absolute atomic E-state index is 0. The maximum atomic E-state index is 12.9. The van der Waals surface area contributed by atoms with Crippen LogP contribution in [0.25, 0.3) is 0 Å². The topological polar surface area (TPSA) is 66.0 Å². The average Bonchev–Trinajstić information content (AvgIpc) is 2.73. The summed E-state index contributed by atoms with van der Waals surface area (Å²) in [6, 6.07) is 12.4. The van der Waals surface area contributed by atoms with E-state index in [1.165, 1.54) is 11.0 Å². The normalized spacial score (nSPS) is 11.4. The fourth-order valence-corrected chi connectivity index (χ4v) is 2.56. The van der Waals surface area contributed by atoms with Crippen molar-refractivity contribution in [3.05, 3.63) is 65.2 Å². The third-order valence-corrected chi connectivity index (χ3v) is 4.24. The van der Waals surface area contributed by atoms with Crippen LogP contribution in [0.1, 0.15) is 23.6 Å². The molecule has 0 heterocycles. The summed E-state index contributed by atoms with van der Waals surface area (Å²) in [5.41, 5.74) is 0.676. The molecule has 0 aliphatic rings. The van der Waals surface area contributed by atoms with Crippen molar-refractivity contribution in [3.8, 4) is 5.75 Å². The summed E-state index contributed by atoms with van der Waals surface area (Å²) in [4.78, 5) is 17.5. The number of rotatable bonds is 8. The molecule has 0 unspecified atom stereocenters. The lowest BCUT2D eigenvalue weighted by Crippen LogP contribution is -2.36. The molecule has 0 saturated heterocycles. The molecular formula is C22H28F3IN4O2. The lowest BCUT2D eigenvalue weighted by Gasteiger charge is -2.14. The van der Waals surface area contributed by atoms with Crippen molar-refractivity contribution < 1.29 is 22.7 Å². The first kappa shape index (κ1) is 27.5. The minimum atomic E-state index is -4.38. The number of halogens is 4. The molecule has 176 valence electrons. The maximum absolute atomic E-state index is 12.9. The first-order chi connectivity index (χ1) is 14.7. The van der Waals surface area contributed by atoms with Gasteiger partial charge in [-0.05, 0) is 42.3 Å². The average molecular weight is 564 g/mol. The van der Waals surface area contributed by atoms with Crippen LogP contribution in [0.15, 0.2) is 53.5 Å². The number of nitrogens with zero attached hydrogens (tertiary/aromatic N) is 2. The lowest BCUT2D eigenvalue weighted by atomic mass is 10.1. The van der Waals surface area contributed by atoms with Crippen LogP contribution in [0.4, 0.5) is 13.2 Å². The predicted octanol–water partition coefficient (Wildman–Crippen LogP) is 4.05. The van der Waals surface area contributed by atoms with Gasteiger partial charge in [-0.15, -0.1) is 24.0 Å². The molecular weight excluding hydrogens is 536 g/mol. The van der Waals surface area contributed by atoms with Crippen LogP contribution in [0.3, 0.4) is 0 Å². The standard InChI is InChI=1S/C22H27F3N4O2.HI/c1-4-26-21(27-13-16-7-5-9-18(11-16)22(23,24)25)28-14-17-8-6-10-19(12-17)31-15-20(30)29(2)3;/h5-12H,4,13-15H2,1-3H3,(H2,26,27,28);1H. The summed E-state index contributed by atoms with van der Waals surface area (Å²) in [6.45, 7) is 2.98. The van der Waals surface area contributed by atoms with E-state index in [4.69, 9.17) is 4.74 Å². The summed E-state index contributed by atoms with van der Waals surface area (Å²) in [5.74, 6) is 0.911. The first-order valence-electron chi connectivity index (χ1n) is 9.79. The van der Waals surface area contributed by atoms with Gasteiger partial charge in [-0.3, -0.25) is 4.79 Å². The van der Waals surface area contributed by atoms with Crippen molar-refractivity contribution in [2.45, 2.75) is 26.2 Å². The van der Waals surface area contributed by atoms with Crippen LogP contribution < -0.4 is 15.4 Å². The summed E-state index contributed by atoms with van der Waals surface area (Å²) < 4.78 is 44.1. The summed E-state index contributed by atoms with van der Waals surface area (Å²) >= 11 is 0. The van der Waals surface area contributed by atoms with Gasteiger partial charge in [-0.1, -0.05) is 24.3 Å². The summed E-state index contributed by atoms with van der Waals surface area (Å²) in [7, 11) is 3.32. The molecule has 2 aromatic rings.